The lowest BCUT2D eigenvalue weighted by atomic mass is 10.2. The Balaban J connectivity index is 1.94. The molecule has 0 bridgehead atoms. The van der Waals surface area contributed by atoms with Crippen LogP contribution in [0, 0.1) is 0 Å². The number of ether oxygens (including phenoxy) is 2. The van der Waals surface area contributed by atoms with Gasteiger partial charge in [-0.1, -0.05) is 0 Å². The molecular formula is C9H12N2O6P+. The lowest BCUT2D eigenvalue weighted by molar-refractivity contribution is -0.0934. The Hall–Kier alpha value is -1.18. The molecule has 1 aliphatic heterocycles. The van der Waals surface area contributed by atoms with E-state index in [1.54, 1.807) is 6.07 Å². The maximum atomic E-state index is 10.6. The van der Waals surface area contributed by atoms with E-state index in [4.69, 9.17) is 24.0 Å². The molecule has 0 aliphatic carbocycles. The van der Waals surface area contributed by atoms with Crippen LogP contribution in [0.3, 0.4) is 0 Å². The first-order chi connectivity index (χ1) is 8.69. The summed E-state index contributed by atoms with van der Waals surface area (Å²) in [7, 11) is -2.74. The molecule has 0 radical (unpaired) electrons. The van der Waals surface area contributed by atoms with Crippen molar-refractivity contribution in [3.63, 3.8) is 0 Å². The normalized spacial score (nSPS) is 28.1. The van der Waals surface area contributed by atoms with Gasteiger partial charge >= 0.3 is 8.25 Å². The van der Waals surface area contributed by atoms with Crippen LogP contribution in [-0.2, 0) is 13.8 Å². The van der Waals surface area contributed by atoms with Gasteiger partial charge in [-0.15, -0.1) is 9.42 Å². The van der Waals surface area contributed by atoms with Crippen molar-refractivity contribution in [3.05, 3.63) is 18.6 Å². The first kappa shape index (κ1) is 13.3. The summed E-state index contributed by atoms with van der Waals surface area (Å²) in [5.74, 6) is 0.320. The van der Waals surface area contributed by atoms with Crippen LogP contribution in [0.15, 0.2) is 18.6 Å². The average Bonchev–Trinajstić information content (AvgIpc) is 2.71. The zero-order chi connectivity index (χ0) is 13.0. The SMILES string of the molecule is O=[P+](O)O[C@H]1C[C@H](Oc2ccncn2)O[C@@H]1CO. The summed E-state index contributed by atoms with van der Waals surface area (Å²) in [6.45, 7) is -0.322. The number of nitrogens with zero attached hydrogens (tertiary/aromatic N) is 2. The zero-order valence-corrected chi connectivity index (χ0v) is 10.1. The van der Waals surface area contributed by atoms with Crippen LogP contribution in [0.4, 0.5) is 0 Å². The number of hydrogen-bond acceptors (Lipinski definition) is 7. The van der Waals surface area contributed by atoms with Gasteiger partial charge in [0.1, 0.15) is 12.4 Å². The average molecular weight is 275 g/mol. The van der Waals surface area contributed by atoms with Crippen molar-refractivity contribution >= 4 is 8.25 Å². The second-order valence-corrected chi connectivity index (χ2v) is 4.26. The molecule has 98 valence electrons. The first-order valence-electron chi connectivity index (χ1n) is 5.21. The molecule has 1 fully saturated rings. The Morgan fingerprint density at radius 2 is 2.44 bits per heavy atom. The Bertz CT molecular complexity index is 405. The molecule has 18 heavy (non-hydrogen) atoms. The number of hydrogen-bond donors (Lipinski definition) is 2. The first-order valence-corrected chi connectivity index (χ1v) is 6.34. The molecule has 1 aromatic rings. The van der Waals surface area contributed by atoms with Crippen molar-refractivity contribution in [2.45, 2.75) is 24.9 Å². The molecule has 1 aliphatic rings. The van der Waals surface area contributed by atoms with Crippen molar-refractivity contribution in [3.8, 4) is 5.88 Å². The molecular weight excluding hydrogens is 263 g/mol. The van der Waals surface area contributed by atoms with E-state index < -0.39 is 26.8 Å². The van der Waals surface area contributed by atoms with Crippen LogP contribution in [0.25, 0.3) is 0 Å². The minimum atomic E-state index is -2.74. The lowest BCUT2D eigenvalue weighted by Gasteiger charge is -2.12. The maximum Gasteiger partial charge on any atom is 0.695 e. The number of aliphatic hydroxyl groups excluding tert-OH is 1. The summed E-state index contributed by atoms with van der Waals surface area (Å²) >= 11 is 0. The van der Waals surface area contributed by atoms with E-state index in [0.717, 1.165) is 0 Å². The smallest absolute Gasteiger partial charge is 0.448 e. The number of aromatic nitrogens is 2. The van der Waals surface area contributed by atoms with Crippen LogP contribution in [0.1, 0.15) is 6.42 Å². The Morgan fingerprint density at radius 1 is 1.61 bits per heavy atom. The highest BCUT2D eigenvalue weighted by Gasteiger charge is 2.42. The topological polar surface area (TPSA) is 111 Å². The van der Waals surface area contributed by atoms with E-state index >= 15 is 0 Å². The van der Waals surface area contributed by atoms with Crippen molar-refractivity contribution in [2.75, 3.05) is 6.61 Å². The van der Waals surface area contributed by atoms with Crippen molar-refractivity contribution < 1.29 is 28.6 Å². The lowest BCUT2D eigenvalue weighted by Crippen LogP contribution is -2.26. The minimum absolute atomic E-state index is 0.233. The standard InChI is InChI=1S/C9H11N2O6P/c12-4-7-6(17-18(13)14)3-9(15-7)16-8-1-2-10-5-11-8/h1-2,5-7,9,12H,3-4H2/p+1/t6-,7+,9-/m0/s1. The van der Waals surface area contributed by atoms with E-state index in [-0.39, 0.29) is 13.0 Å². The summed E-state index contributed by atoms with van der Waals surface area (Å²) in [4.78, 5) is 16.3. The van der Waals surface area contributed by atoms with Gasteiger partial charge in [0.2, 0.25) is 12.2 Å². The van der Waals surface area contributed by atoms with Gasteiger partial charge in [0.25, 0.3) is 0 Å². The second kappa shape index (κ2) is 6.12. The third kappa shape index (κ3) is 3.41. The van der Waals surface area contributed by atoms with Gasteiger partial charge in [-0.05, 0) is 0 Å². The van der Waals surface area contributed by atoms with E-state index in [1.165, 1.54) is 12.5 Å². The van der Waals surface area contributed by atoms with Crippen LogP contribution in [-0.4, -0.2) is 45.1 Å². The molecule has 0 saturated carbocycles. The molecule has 9 heteroatoms. The molecule has 2 rings (SSSR count). The molecule has 2 N–H and O–H groups in total. The minimum Gasteiger partial charge on any atom is -0.448 e. The van der Waals surface area contributed by atoms with Gasteiger partial charge in [-0.25, -0.2) is 9.97 Å². The third-order valence-electron chi connectivity index (χ3n) is 2.38. The molecule has 1 unspecified atom stereocenters. The van der Waals surface area contributed by atoms with Gasteiger partial charge in [-0.3, -0.25) is 0 Å². The molecule has 2 heterocycles. The molecule has 0 aromatic carbocycles. The van der Waals surface area contributed by atoms with E-state index in [2.05, 4.69) is 9.97 Å². The fourth-order valence-electron chi connectivity index (χ4n) is 1.63. The summed E-state index contributed by atoms with van der Waals surface area (Å²) in [6.07, 6.45) is 1.01. The van der Waals surface area contributed by atoms with Gasteiger partial charge in [0.15, 0.2) is 6.10 Å². The van der Waals surface area contributed by atoms with Crippen LogP contribution >= 0.6 is 8.25 Å². The number of rotatable bonds is 5. The fourth-order valence-corrected chi connectivity index (χ4v) is 2.08. The summed E-state index contributed by atoms with van der Waals surface area (Å²) in [5.41, 5.74) is 0. The molecule has 0 amide bonds. The Morgan fingerprint density at radius 3 is 3.06 bits per heavy atom. The van der Waals surface area contributed by atoms with Gasteiger partial charge < -0.3 is 14.6 Å². The highest BCUT2D eigenvalue weighted by atomic mass is 31.1. The summed E-state index contributed by atoms with van der Waals surface area (Å²) in [6, 6.07) is 1.55. The molecule has 1 saturated heterocycles. The second-order valence-electron chi connectivity index (χ2n) is 3.57. The molecule has 8 nitrogen and oxygen atoms in total. The maximum absolute atomic E-state index is 10.6. The van der Waals surface area contributed by atoms with Crippen molar-refractivity contribution in [1.29, 1.82) is 0 Å². The molecule has 1 aromatic heterocycles. The highest BCUT2D eigenvalue weighted by Crippen LogP contribution is 2.31. The van der Waals surface area contributed by atoms with Crippen molar-refractivity contribution in [2.24, 2.45) is 0 Å². The monoisotopic (exact) mass is 275 g/mol. The van der Waals surface area contributed by atoms with Gasteiger partial charge in [0, 0.05) is 23.2 Å². The van der Waals surface area contributed by atoms with E-state index in [1.807, 2.05) is 0 Å². The van der Waals surface area contributed by atoms with Crippen molar-refractivity contribution in [1.82, 2.24) is 9.97 Å². The third-order valence-corrected chi connectivity index (χ3v) is 2.83. The molecule has 4 atom stereocenters. The van der Waals surface area contributed by atoms with E-state index in [0.29, 0.717) is 5.88 Å². The molecule has 0 spiro atoms. The predicted molar refractivity (Wildman–Crippen MR) is 57.7 cm³/mol. The number of aliphatic hydroxyl groups is 1. The summed E-state index contributed by atoms with van der Waals surface area (Å²) < 4.78 is 26.1. The highest BCUT2D eigenvalue weighted by molar-refractivity contribution is 7.32. The largest absolute Gasteiger partial charge is 0.695 e. The fraction of sp³-hybridized carbons (Fsp3) is 0.556. The zero-order valence-electron chi connectivity index (χ0n) is 9.25. The van der Waals surface area contributed by atoms with Crippen LogP contribution in [0.5, 0.6) is 5.88 Å². The Labute approximate surface area is 103 Å². The van der Waals surface area contributed by atoms with E-state index in [9.17, 15) is 4.57 Å². The van der Waals surface area contributed by atoms with Crippen LogP contribution in [0.2, 0.25) is 0 Å². The Kier molecular flexibility index (Phi) is 4.51. The quantitative estimate of drug-likeness (QED) is 0.722. The summed E-state index contributed by atoms with van der Waals surface area (Å²) in [5, 5.41) is 9.07. The predicted octanol–water partition coefficient (Wildman–Crippen LogP) is -0.00240. The van der Waals surface area contributed by atoms with Gasteiger partial charge in [0.05, 0.1) is 6.61 Å². The van der Waals surface area contributed by atoms with Crippen LogP contribution < -0.4 is 4.74 Å². The van der Waals surface area contributed by atoms with Gasteiger partial charge in [-0.2, -0.15) is 0 Å².